The van der Waals surface area contributed by atoms with Crippen LogP contribution < -0.4 is 10.6 Å². The smallest absolute Gasteiger partial charge is 0.250 e. The number of ether oxygens (including phenoxy) is 1. The van der Waals surface area contributed by atoms with Crippen LogP contribution >= 0.6 is 11.6 Å². The Labute approximate surface area is 234 Å². The maximum Gasteiger partial charge on any atom is 0.250 e. The third-order valence-corrected chi connectivity index (χ3v) is 9.42. The molecule has 3 N–H and O–H groups in total. The fraction of sp³-hybridized carbons (Fsp3) is 0.500. The van der Waals surface area contributed by atoms with Crippen molar-refractivity contribution >= 4 is 40.7 Å². The second-order valence-electron chi connectivity index (χ2n) is 11.4. The average molecular weight is 554 g/mol. The molecule has 3 fully saturated rings. The van der Waals surface area contributed by atoms with Gasteiger partial charge in [-0.2, -0.15) is 0 Å². The van der Waals surface area contributed by atoms with Gasteiger partial charge in [0, 0.05) is 5.69 Å². The van der Waals surface area contributed by atoms with Crippen LogP contribution in [0.15, 0.2) is 48.5 Å². The van der Waals surface area contributed by atoms with E-state index in [0.29, 0.717) is 35.7 Å². The Morgan fingerprint density at radius 3 is 2.49 bits per heavy atom. The van der Waals surface area contributed by atoms with Gasteiger partial charge in [0.1, 0.15) is 11.6 Å². The minimum absolute atomic E-state index is 0.0871. The molecule has 2 aromatic rings. The van der Waals surface area contributed by atoms with Crippen LogP contribution in [-0.4, -0.2) is 57.6 Å². The number of hydrogen-bond acceptors (Lipinski definition) is 5. The number of carbonyl (C=O) groups excluding carboxylic acids is 3. The molecule has 3 heterocycles. The molecule has 2 bridgehead atoms. The van der Waals surface area contributed by atoms with Gasteiger partial charge in [-0.05, 0) is 56.4 Å². The van der Waals surface area contributed by atoms with Crippen molar-refractivity contribution in [3.63, 3.8) is 0 Å². The number of aliphatic hydroxyl groups excluding tert-OH is 1. The number of likely N-dealkylation sites (tertiary alicyclic amines) is 1. The molecule has 0 saturated carbocycles. The molecular formula is C30H36ClN3O5. The van der Waals surface area contributed by atoms with Gasteiger partial charge in [-0.15, -0.1) is 0 Å². The highest BCUT2D eigenvalue weighted by molar-refractivity contribution is 6.34. The van der Waals surface area contributed by atoms with Crippen LogP contribution in [-0.2, 0) is 19.1 Å². The second kappa shape index (κ2) is 10.2. The SMILES string of the molecule is CC[C@H](C)[C@H](CO)N1C(=O)[C@@H]2[C@H](C(=O)Nc3ccccc3)[C@]3(C)CCC2(O3)C1C(=O)Nc1c(C)cccc1Cl. The summed E-state index contributed by atoms with van der Waals surface area (Å²) >= 11 is 6.44. The van der Waals surface area contributed by atoms with Crippen molar-refractivity contribution in [2.75, 3.05) is 17.2 Å². The van der Waals surface area contributed by atoms with E-state index in [2.05, 4.69) is 10.6 Å². The van der Waals surface area contributed by atoms with Crippen molar-refractivity contribution in [3.05, 3.63) is 59.1 Å². The van der Waals surface area contributed by atoms with E-state index in [9.17, 15) is 19.5 Å². The molecule has 5 rings (SSSR count). The lowest BCUT2D eigenvalue weighted by molar-refractivity contribution is -0.148. The first-order valence-electron chi connectivity index (χ1n) is 13.6. The normalized spacial score (nSPS) is 30.7. The summed E-state index contributed by atoms with van der Waals surface area (Å²) in [6.45, 7) is 7.33. The molecule has 8 nitrogen and oxygen atoms in total. The maximum absolute atomic E-state index is 14.4. The highest BCUT2D eigenvalue weighted by Gasteiger charge is 2.78. The van der Waals surface area contributed by atoms with E-state index in [1.807, 2.05) is 52.0 Å². The molecule has 208 valence electrons. The molecule has 0 aliphatic carbocycles. The number of aliphatic hydroxyl groups is 1. The van der Waals surface area contributed by atoms with Crippen molar-refractivity contribution in [1.82, 2.24) is 4.90 Å². The summed E-state index contributed by atoms with van der Waals surface area (Å²) in [4.78, 5) is 43.8. The molecular weight excluding hydrogens is 518 g/mol. The number of aryl methyl sites for hydroxylation is 1. The monoisotopic (exact) mass is 553 g/mol. The zero-order valence-electron chi connectivity index (χ0n) is 22.7. The van der Waals surface area contributed by atoms with Gasteiger partial charge >= 0.3 is 0 Å². The van der Waals surface area contributed by atoms with E-state index in [1.54, 1.807) is 24.3 Å². The van der Waals surface area contributed by atoms with Crippen molar-refractivity contribution < 1.29 is 24.2 Å². The number of para-hydroxylation sites is 2. The third-order valence-electron chi connectivity index (χ3n) is 9.10. The molecule has 3 saturated heterocycles. The first-order valence-corrected chi connectivity index (χ1v) is 14.0. The molecule has 3 amide bonds. The van der Waals surface area contributed by atoms with Crippen LogP contribution in [0.3, 0.4) is 0 Å². The first kappa shape index (κ1) is 27.6. The molecule has 2 unspecified atom stereocenters. The Kier molecular flexibility index (Phi) is 7.24. The van der Waals surface area contributed by atoms with E-state index < -0.39 is 41.0 Å². The zero-order valence-corrected chi connectivity index (χ0v) is 23.5. The van der Waals surface area contributed by atoms with Gasteiger partial charge < -0.3 is 25.4 Å². The van der Waals surface area contributed by atoms with Crippen molar-refractivity contribution in [2.45, 2.75) is 70.2 Å². The van der Waals surface area contributed by atoms with Crippen LogP contribution in [0.1, 0.15) is 45.6 Å². The number of nitrogens with one attached hydrogen (secondary N) is 2. The highest BCUT2D eigenvalue weighted by Crippen LogP contribution is 2.63. The lowest BCUT2D eigenvalue weighted by Crippen LogP contribution is -2.57. The summed E-state index contributed by atoms with van der Waals surface area (Å²) in [5.74, 6) is -2.82. The minimum atomic E-state index is -1.20. The summed E-state index contributed by atoms with van der Waals surface area (Å²) in [6.07, 6.45) is 1.67. The Morgan fingerprint density at radius 2 is 1.85 bits per heavy atom. The fourth-order valence-electron chi connectivity index (χ4n) is 6.96. The third kappa shape index (κ3) is 4.33. The number of anilines is 2. The van der Waals surface area contributed by atoms with E-state index in [-0.39, 0.29) is 24.3 Å². The van der Waals surface area contributed by atoms with Crippen LogP contribution in [0.25, 0.3) is 0 Å². The van der Waals surface area contributed by atoms with Crippen molar-refractivity contribution in [3.8, 4) is 0 Å². The van der Waals surface area contributed by atoms with Gasteiger partial charge in [-0.1, -0.05) is 62.2 Å². The highest BCUT2D eigenvalue weighted by atomic mass is 35.5. The van der Waals surface area contributed by atoms with Crippen LogP contribution in [0.4, 0.5) is 11.4 Å². The van der Waals surface area contributed by atoms with E-state index in [0.717, 1.165) is 5.56 Å². The number of rotatable bonds is 8. The topological polar surface area (TPSA) is 108 Å². The first-order chi connectivity index (χ1) is 18.6. The molecule has 0 aromatic heterocycles. The van der Waals surface area contributed by atoms with Gasteiger partial charge in [0.25, 0.3) is 0 Å². The molecule has 3 aliphatic heterocycles. The largest absolute Gasteiger partial charge is 0.394 e. The zero-order chi connectivity index (χ0) is 28.1. The van der Waals surface area contributed by atoms with Gasteiger partial charge in [0.2, 0.25) is 17.7 Å². The second-order valence-corrected chi connectivity index (χ2v) is 11.8. The summed E-state index contributed by atoms with van der Waals surface area (Å²) in [5.41, 5.74) is -0.232. The van der Waals surface area contributed by atoms with E-state index >= 15 is 0 Å². The predicted molar refractivity (Wildman–Crippen MR) is 149 cm³/mol. The lowest BCUT2D eigenvalue weighted by Gasteiger charge is -2.39. The van der Waals surface area contributed by atoms with Crippen LogP contribution in [0, 0.1) is 24.7 Å². The number of hydrogen-bond donors (Lipinski definition) is 3. The summed E-state index contributed by atoms with van der Waals surface area (Å²) in [7, 11) is 0. The van der Waals surface area contributed by atoms with Gasteiger partial charge in [-0.25, -0.2) is 0 Å². The summed E-state index contributed by atoms with van der Waals surface area (Å²) < 4.78 is 6.68. The van der Waals surface area contributed by atoms with Gasteiger partial charge in [0.15, 0.2) is 0 Å². The number of amides is 3. The maximum atomic E-state index is 14.4. The Morgan fingerprint density at radius 1 is 1.13 bits per heavy atom. The average Bonchev–Trinajstić information content (AvgIpc) is 3.48. The summed E-state index contributed by atoms with van der Waals surface area (Å²) in [5, 5.41) is 16.8. The molecule has 0 radical (unpaired) electrons. The van der Waals surface area contributed by atoms with Crippen LogP contribution in [0.2, 0.25) is 5.02 Å². The number of benzene rings is 2. The molecule has 2 aromatic carbocycles. The van der Waals surface area contributed by atoms with Crippen molar-refractivity contribution in [1.29, 1.82) is 0 Å². The van der Waals surface area contributed by atoms with Gasteiger partial charge in [0.05, 0.1) is 40.8 Å². The standard InChI is InChI=1S/C30H36ClN3O5/c1-5-17(2)21(16-35)34-25(27(37)33-24-18(3)10-9-13-20(24)31)30-15-14-29(4,39-30)22(23(30)28(34)38)26(36)32-19-11-7-6-8-12-19/h6-13,17,21-23,25,35H,5,14-16H2,1-4H3,(H,32,36)(H,33,37)/t17-,21-,22+,23-,25?,29-,30?/m0/s1. The molecule has 39 heavy (non-hydrogen) atoms. The van der Waals surface area contributed by atoms with Crippen LogP contribution in [0.5, 0.6) is 0 Å². The lowest BCUT2D eigenvalue weighted by atomic mass is 9.66. The molecule has 7 atom stereocenters. The molecule has 3 aliphatic rings. The van der Waals surface area contributed by atoms with Crippen molar-refractivity contribution in [2.24, 2.45) is 17.8 Å². The van der Waals surface area contributed by atoms with E-state index in [1.165, 1.54) is 4.90 Å². The number of halogens is 1. The Bertz CT molecular complexity index is 1270. The molecule has 9 heteroatoms. The number of nitrogens with zero attached hydrogens (tertiary/aromatic N) is 1. The molecule has 1 spiro atoms. The predicted octanol–water partition coefficient (Wildman–Crippen LogP) is 4.40. The number of carbonyl (C=O) groups is 3. The quantitative estimate of drug-likeness (QED) is 0.449. The van der Waals surface area contributed by atoms with Gasteiger partial charge in [-0.3, -0.25) is 14.4 Å². The number of fused-ring (bicyclic) bond motifs is 1. The minimum Gasteiger partial charge on any atom is -0.394 e. The summed E-state index contributed by atoms with van der Waals surface area (Å²) in [6, 6.07) is 12.8. The fourth-order valence-corrected chi connectivity index (χ4v) is 7.23. The van der Waals surface area contributed by atoms with E-state index in [4.69, 9.17) is 16.3 Å². The Hall–Kier alpha value is -2.94. The Balaban J connectivity index is 1.58.